The molecule has 2 fully saturated rings. The maximum absolute atomic E-state index is 12.9. The molecular weight excluding hydrogens is 358 g/mol. The molecule has 27 heavy (non-hydrogen) atoms. The lowest BCUT2D eigenvalue weighted by molar-refractivity contribution is 0.0743. The second-order valence-corrected chi connectivity index (χ2v) is 8.08. The first-order valence-corrected chi connectivity index (χ1v) is 10.3. The zero-order chi connectivity index (χ0) is 18.2. The van der Waals surface area contributed by atoms with Crippen LogP contribution in [0.2, 0.25) is 0 Å². The monoisotopic (exact) mass is 379 g/mol. The summed E-state index contributed by atoms with van der Waals surface area (Å²) in [7, 11) is 0. The van der Waals surface area contributed by atoms with Gasteiger partial charge in [0.05, 0.1) is 11.9 Å². The molecule has 6 nitrogen and oxygen atoms in total. The van der Waals surface area contributed by atoms with Crippen LogP contribution in [0.3, 0.4) is 0 Å². The van der Waals surface area contributed by atoms with Crippen molar-refractivity contribution in [2.24, 2.45) is 0 Å². The highest BCUT2D eigenvalue weighted by atomic mass is 32.1. The number of nitrogens with zero attached hydrogens (tertiary/aromatic N) is 4. The summed E-state index contributed by atoms with van der Waals surface area (Å²) < 4.78 is 1.83. The number of fused-ring (bicyclic) bond motifs is 2. The van der Waals surface area contributed by atoms with E-state index in [0.29, 0.717) is 17.8 Å². The molecule has 0 saturated carbocycles. The maximum Gasteiger partial charge on any atom is 0.273 e. The number of aromatic nitrogens is 3. The summed E-state index contributed by atoms with van der Waals surface area (Å²) in [5, 5.41) is 10.7. The zero-order valence-electron chi connectivity index (χ0n) is 14.9. The SMILES string of the molecule is O=C(c1csc(-c2cnn(-c3ccccc3)c2)n1)N1CCC2CCC(C1)N2. The van der Waals surface area contributed by atoms with Crippen molar-refractivity contribution in [3.05, 3.63) is 53.8 Å². The van der Waals surface area contributed by atoms with Gasteiger partial charge in [-0.2, -0.15) is 5.10 Å². The smallest absolute Gasteiger partial charge is 0.273 e. The van der Waals surface area contributed by atoms with E-state index in [1.54, 1.807) is 6.20 Å². The highest BCUT2D eigenvalue weighted by Gasteiger charge is 2.32. The third-order valence-corrected chi connectivity index (χ3v) is 6.28. The van der Waals surface area contributed by atoms with E-state index in [2.05, 4.69) is 15.4 Å². The lowest BCUT2D eigenvalue weighted by Crippen LogP contribution is -2.39. The fourth-order valence-electron chi connectivity index (χ4n) is 3.95. The molecule has 2 atom stereocenters. The summed E-state index contributed by atoms with van der Waals surface area (Å²) in [4.78, 5) is 19.5. The quantitative estimate of drug-likeness (QED) is 0.760. The molecule has 2 bridgehead atoms. The first kappa shape index (κ1) is 16.6. The summed E-state index contributed by atoms with van der Waals surface area (Å²) >= 11 is 1.50. The third kappa shape index (κ3) is 3.28. The zero-order valence-corrected chi connectivity index (χ0v) is 15.7. The van der Waals surface area contributed by atoms with Gasteiger partial charge in [-0.25, -0.2) is 9.67 Å². The molecule has 3 aromatic rings. The molecule has 0 spiro atoms. The van der Waals surface area contributed by atoms with Crippen molar-refractivity contribution in [3.8, 4) is 16.3 Å². The largest absolute Gasteiger partial charge is 0.336 e. The maximum atomic E-state index is 12.9. The van der Waals surface area contributed by atoms with Crippen molar-refractivity contribution in [1.29, 1.82) is 0 Å². The van der Waals surface area contributed by atoms with Crippen LogP contribution in [0, 0.1) is 0 Å². The Hall–Kier alpha value is -2.51. The van der Waals surface area contributed by atoms with Crippen LogP contribution in [0.1, 0.15) is 29.8 Å². The van der Waals surface area contributed by atoms with Crippen molar-refractivity contribution < 1.29 is 4.79 Å². The first-order valence-electron chi connectivity index (χ1n) is 9.37. The molecule has 1 aromatic carbocycles. The number of amides is 1. The standard InChI is InChI=1S/C20H21N5OS/c26-20(24-9-8-15-6-7-16(12-24)22-15)18-13-27-19(23-18)14-10-21-25(11-14)17-4-2-1-3-5-17/h1-5,10-11,13,15-16,22H,6-9,12H2. The Labute approximate surface area is 161 Å². The summed E-state index contributed by atoms with van der Waals surface area (Å²) in [5.41, 5.74) is 2.48. The number of carbonyl (C=O) groups excluding carboxylic acids is 1. The average molecular weight is 379 g/mol. The molecule has 4 heterocycles. The van der Waals surface area contributed by atoms with Gasteiger partial charge in [0, 0.05) is 42.3 Å². The van der Waals surface area contributed by atoms with Crippen LogP contribution < -0.4 is 5.32 Å². The van der Waals surface area contributed by atoms with E-state index in [1.165, 1.54) is 17.8 Å². The molecule has 1 amide bonds. The number of hydrogen-bond acceptors (Lipinski definition) is 5. The number of hydrogen-bond donors (Lipinski definition) is 1. The molecule has 5 rings (SSSR count). The highest BCUT2D eigenvalue weighted by Crippen LogP contribution is 2.26. The molecule has 0 radical (unpaired) electrons. The second kappa shape index (κ2) is 6.90. The van der Waals surface area contributed by atoms with Crippen molar-refractivity contribution in [2.45, 2.75) is 31.3 Å². The number of rotatable bonds is 3. The summed E-state index contributed by atoms with van der Waals surface area (Å²) in [6, 6.07) is 11.0. The number of benzene rings is 1. The Morgan fingerprint density at radius 3 is 2.89 bits per heavy atom. The molecule has 1 N–H and O–H groups in total. The van der Waals surface area contributed by atoms with Crippen LogP contribution >= 0.6 is 11.3 Å². The first-order chi connectivity index (χ1) is 13.3. The fourth-order valence-corrected chi connectivity index (χ4v) is 4.72. The Morgan fingerprint density at radius 2 is 2.00 bits per heavy atom. The summed E-state index contributed by atoms with van der Waals surface area (Å²) in [6.45, 7) is 1.60. The molecule has 2 aliphatic heterocycles. The lowest BCUT2D eigenvalue weighted by Gasteiger charge is -2.23. The number of thiazole rings is 1. The molecule has 7 heteroatoms. The number of likely N-dealkylation sites (tertiary alicyclic amines) is 1. The molecule has 2 saturated heterocycles. The van der Waals surface area contributed by atoms with E-state index in [9.17, 15) is 4.79 Å². The number of para-hydroxylation sites is 1. The second-order valence-electron chi connectivity index (χ2n) is 7.22. The Balaban J connectivity index is 1.34. The van der Waals surface area contributed by atoms with Gasteiger partial charge in [-0.15, -0.1) is 11.3 Å². The topological polar surface area (TPSA) is 63.1 Å². The van der Waals surface area contributed by atoms with Crippen LogP contribution in [-0.4, -0.2) is 50.7 Å². The molecule has 0 aliphatic carbocycles. The van der Waals surface area contributed by atoms with Crippen molar-refractivity contribution in [1.82, 2.24) is 25.0 Å². The lowest BCUT2D eigenvalue weighted by atomic mass is 10.1. The normalized spacial score (nSPS) is 22.0. The van der Waals surface area contributed by atoms with E-state index in [0.717, 1.165) is 42.2 Å². The van der Waals surface area contributed by atoms with E-state index >= 15 is 0 Å². The van der Waals surface area contributed by atoms with Gasteiger partial charge in [-0.05, 0) is 31.4 Å². The van der Waals surface area contributed by atoms with Gasteiger partial charge >= 0.3 is 0 Å². The molecule has 138 valence electrons. The van der Waals surface area contributed by atoms with Crippen molar-refractivity contribution in [2.75, 3.05) is 13.1 Å². The van der Waals surface area contributed by atoms with Gasteiger partial charge in [0.15, 0.2) is 0 Å². The van der Waals surface area contributed by atoms with Crippen LogP contribution in [0.5, 0.6) is 0 Å². The van der Waals surface area contributed by atoms with E-state index in [4.69, 9.17) is 0 Å². The minimum Gasteiger partial charge on any atom is -0.336 e. The molecular formula is C20H21N5OS. The fraction of sp³-hybridized carbons (Fsp3) is 0.350. The minimum atomic E-state index is 0.0438. The van der Waals surface area contributed by atoms with Crippen LogP contribution in [-0.2, 0) is 0 Å². The van der Waals surface area contributed by atoms with E-state index in [1.807, 2.05) is 51.5 Å². The Kier molecular flexibility index (Phi) is 4.26. The van der Waals surface area contributed by atoms with Gasteiger partial charge in [-0.3, -0.25) is 4.79 Å². The summed E-state index contributed by atoms with van der Waals surface area (Å²) in [6.07, 6.45) is 7.18. The van der Waals surface area contributed by atoms with E-state index < -0.39 is 0 Å². The predicted molar refractivity (Wildman–Crippen MR) is 105 cm³/mol. The van der Waals surface area contributed by atoms with Crippen LogP contribution in [0.25, 0.3) is 16.3 Å². The number of nitrogens with one attached hydrogen (secondary N) is 1. The average Bonchev–Trinajstić information content (AvgIpc) is 3.41. The molecule has 2 aromatic heterocycles. The van der Waals surface area contributed by atoms with Crippen LogP contribution in [0.15, 0.2) is 48.1 Å². The highest BCUT2D eigenvalue weighted by molar-refractivity contribution is 7.13. The van der Waals surface area contributed by atoms with Crippen molar-refractivity contribution >= 4 is 17.2 Å². The van der Waals surface area contributed by atoms with Crippen LogP contribution in [0.4, 0.5) is 0 Å². The van der Waals surface area contributed by atoms with Gasteiger partial charge in [0.1, 0.15) is 10.7 Å². The predicted octanol–water partition coefficient (Wildman–Crippen LogP) is 2.96. The van der Waals surface area contributed by atoms with Gasteiger partial charge < -0.3 is 10.2 Å². The Morgan fingerprint density at radius 1 is 1.15 bits per heavy atom. The number of carbonyl (C=O) groups is 1. The minimum absolute atomic E-state index is 0.0438. The van der Waals surface area contributed by atoms with Gasteiger partial charge in [0.2, 0.25) is 0 Å². The summed E-state index contributed by atoms with van der Waals surface area (Å²) in [5.74, 6) is 0.0438. The molecule has 2 unspecified atom stereocenters. The third-order valence-electron chi connectivity index (χ3n) is 5.38. The van der Waals surface area contributed by atoms with E-state index in [-0.39, 0.29) is 5.91 Å². The van der Waals surface area contributed by atoms with Gasteiger partial charge in [-0.1, -0.05) is 18.2 Å². The van der Waals surface area contributed by atoms with Gasteiger partial charge in [0.25, 0.3) is 5.91 Å². The Bertz CT molecular complexity index is 950. The molecule has 2 aliphatic rings. The van der Waals surface area contributed by atoms with Crippen molar-refractivity contribution in [3.63, 3.8) is 0 Å².